The van der Waals surface area contributed by atoms with Crippen LogP contribution in [-0.2, 0) is 10.4 Å². The summed E-state index contributed by atoms with van der Waals surface area (Å²) < 4.78 is 13.5. The van der Waals surface area contributed by atoms with E-state index >= 15 is 0 Å². The Morgan fingerprint density at radius 1 is 1.07 bits per heavy atom. The quantitative estimate of drug-likeness (QED) is 0.774. The number of aliphatic hydroxyl groups is 1. The van der Waals surface area contributed by atoms with Gasteiger partial charge in [-0.2, -0.15) is 0 Å². The van der Waals surface area contributed by atoms with E-state index in [0.29, 0.717) is 6.42 Å². The second kappa shape index (κ2) is 9.51. The molecule has 0 aliphatic carbocycles. The van der Waals surface area contributed by atoms with Gasteiger partial charge in [-0.1, -0.05) is 42.5 Å². The first-order valence-corrected chi connectivity index (χ1v) is 10.4. The highest BCUT2D eigenvalue weighted by Crippen LogP contribution is 2.42. The Morgan fingerprint density at radius 2 is 1.66 bits per heavy atom. The summed E-state index contributed by atoms with van der Waals surface area (Å²) in [7, 11) is 3.57. The lowest BCUT2D eigenvalue weighted by Gasteiger charge is -2.42. The molecule has 1 N–H and O–H groups in total. The van der Waals surface area contributed by atoms with Crippen LogP contribution < -0.4 is 0 Å². The Balaban J connectivity index is 1.69. The van der Waals surface area contributed by atoms with Crippen molar-refractivity contribution in [2.24, 2.45) is 5.92 Å². The van der Waals surface area contributed by atoms with E-state index in [2.05, 4.69) is 4.90 Å². The van der Waals surface area contributed by atoms with Gasteiger partial charge in [0.05, 0.1) is 0 Å². The Labute approximate surface area is 173 Å². The summed E-state index contributed by atoms with van der Waals surface area (Å²) in [6, 6.07) is 15.9. The third-order valence-electron chi connectivity index (χ3n) is 6.04. The molecule has 1 atom stereocenters. The molecule has 3 rings (SSSR count). The van der Waals surface area contributed by atoms with Crippen molar-refractivity contribution >= 4 is 5.91 Å². The number of hydrogen-bond acceptors (Lipinski definition) is 3. The molecule has 29 heavy (non-hydrogen) atoms. The number of nitrogens with zero attached hydrogens (tertiary/aromatic N) is 2. The van der Waals surface area contributed by atoms with E-state index in [1.165, 1.54) is 12.1 Å². The smallest absolute Gasteiger partial charge is 0.222 e. The van der Waals surface area contributed by atoms with Gasteiger partial charge in [0.25, 0.3) is 0 Å². The Morgan fingerprint density at radius 3 is 2.24 bits per heavy atom. The molecule has 2 aromatic carbocycles. The second-order valence-corrected chi connectivity index (χ2v) is 8.15. The van der Waals surface area contributed by atoms with Crippen molar-refractivity contribution in [1.82, 2.24) is 9.80 Å². The summed E-state index contributed by atoms with van der Waals surface area (Å²) in [5.74, 6) is -0.0871. The van der Waals surface area contributed by atoms with Gasteiger partial charge in [0.2, 0.25) is 5.91 Å². The number of carbonyl (C=O) groups is 1. The molecule has 0 radical (unpaired) electrons. The van der Waals surface area contributed by atoms with Crippen molar-refractivity contribution in [2.75, 3.05) is 33.7 Å². The van der Waals surface area contributed by atoms with Crippen LogP contribution in [0.4, 0.5) is 4.39 Å². The van der Waals surface area contributed by atoms with Crippen molar-refractivity contribution < 1.29 is 14.3 Å². The van der Waals surface area contributed by atoms with Gasteiger partial charge in [0, 0.05) is 20.5 Å². The largest absolute Gasteiger partial charge is 0.380 e. The van der Waals surface area contributed by atoms with Crippen LogP contribution in [0, 0.1) is 11.7 Å². The van der Waals surface area contributed by atoms with Crippen LogP contribution in [0.3, 0.4) is 0 Å². The molecule has 0 bridgehead atoms. The maximum Gasteiger partial charge on any atom is 0.222 e. The molecule has 0 spiro atoms. The van der Waals surface area contributed by atoms with Crippen LogP contribution in [0.5, 0.6) is 0 Å². The summed E-state index contributed by atoms with van der Waals surface area (Å²) in [5, 5.41) is 11.9. The highest BCUT2D eigenvalue weighted by Gasteiger charge is 2.41. The highest BCUT2D eigenvalue weighted by molar-refractivity contribution is 5.75. The lowest BCUT2D eigenvalue weighted by atomic mass is 9.72. The first-order chi connectivity index (χ1) is 13.9. The molecule has 1 aliphatic heterocycles. The van der Waals surface area contributed by atoms with E-state index in [9.17, 15) is 14.3 Å². The molecule has 1 heterocycles. The monoisotopic (exact) mass is 398 g/mol. The summed E-state index contributed by atoms with van der Waals surface area (Å²) in [4.78, 5) is 15.8. The topological polar surface area (TPSA) is 43.8 Å². The van der Waals surface area contributed by atoms with Gasteiger partial charge in [-0.05, 0) is 68.1 Å². The zero-order chi connectivity index (χ0) is 20.9. The van der Waals surface area contributed by atoms with Gasteiger partial charge in [-0.25, -0.2) is 4.39 Å². The van der Waals surface area contributed by atoms with E-state index < -0.39 is 5.60 Å². The van der Waals surface area contributed by atoms with Crippen LogP contribution in [0.25, 0.3) is 0 Å². The first-order valence-electron chi connectivity index (χ1n) is 10.4. The predicted molar refractivity (Wildman–Crippen MR) is 113 cm³/mol. The molecule has 1 unspecified atom stereocenters. The van der Waals surface area contributed by atoms with Crippen molar-refractivity contribution in [1.29, 1.82) is 0 Å². The summed E-state index contributed by atoms with van der Waals surface area (Å²) >= 11 is 0. The van der Waals surface area contributed by atoms with Crippen LogP contribution in [0.1, 0.15) is 36.8 Å². The molecule has 1 saturated heterocycles. The number of likely N-dealkylation sites (tertiary alicyclic amines) is 1. The maximum atomic E-state index is 13.5. The van der Waals surface area contributed by atoms with Crippen molar-refractivity contribution in [3.63, 3.8) is 0 Å². The number of piperidine rings is 1. The molecule has 0 aromatic heterocycles. The molecule has 5 heteroatoms. The molecule has 2 aromatic rings. The summed E-state index contributed by atoms with van der Waals surface area (Å²) in [5.41, 5.74) is 0.448. The highest BCUT2D eigenvalue weighted by atomic mass is 19.1. The molecule has 4 nitrogen and oxygen atoms in total. The first kappa shape index (κ1) is 21.5. The lowest BCUT2D eigenvalue weighted by Crippen LogP contribution is -2.44. The summed E-state index contributed by atoms with van der Waals surface area (Å²) in [6.45, 7) is 2.67. The average molecular weight is 399 g/mol. The molecule has 1 aliphatic rings. The van der Waals surface area contributed by atoms with Gasteiger partial charge >= 0.3 is 0 Å². The number of hydrogen-bond donors (Lipinski definition) is 1. The van der Waals surface area contributed by atoms with Crippen molar-refractivity contribution in [3.8, 4) is 0 Å². The van der Waals surface area contributed by atoms with Crippen LogP contribution >= 0.6 is 0 Å². The molecule has 1 amide bonds. The standard InChI is InChI=1S/C24H31FN2O2/c1-26(2)23(28)9-6-16-27-17-14-21(15-18-27)24(29,19-7-4-3-5-8-19)20-10-12-22(25)13-11-20/h3-5,7-8,10-13,21,29H,6,9,14-18H2,1-2H3. The van der Waals surface area contributed by atoms with Gasteiger partial charge in [0.1, 0.15) is 11.4 Å². The number of rotatable bonds is 7. The molecule has 1 fully saturated rings. The van der Waals surface area contributed by atoms with E-state index in [4.69, 9.17) is 0 Å². The van der Waals surface area contributed by atoms with Gasteiger partial charge < -0.3 is 14.9 Å². The fourth-order valence-electron chi connectivity index (χ4n) is 4.29. The normalized spacial score (nSPS) is 17.7. The van der Waals surface area contributed by atoms with Gasteiger partial charge in [-0.15, -0.1) is 0 Å². The SMILES string of the molecule is CN(C)C(=O)CCCN1CCC(C(O)(c2ccccc2)c2ccc(F)cc2)CC1. The lowest BCUT2D eigenvalue weighted by molar-refractivity contribution is -0.128. The minimum atomic E-state index is -1.14. The molecule has 156 valence electrons. The fraction of sp³-hybridized carbons (Fsp3) is 0.458. The fourth-order valence-corrected chi connectivity index (χ4v) is 4.29. The van der Waals surface area contributed by atoms with Crippen molar-refractivity contribution in [2.45, 2.75) is 31.3 Å². The Hall–Kier alpha value is -2.24. The van der Waals surface area contributed by atoms with Crippen LogP contribution in [0.2, 0.25) is 0 Å². The third kappa shape index (κ3) is 5.03. The van der Waals surface area contributed by atoms with E-state index in [0.717, 1.165) is 50.0 Å². The minimum Gasteiger partial charge on any atom is -0.380 e. The second-order valence-electron chi connectivity index (χ2n) is 8.15. The van der Waals surface area contributed by atoms with E-state index in [1.54, 1.807) is 31.1 Å². The molecular formula is C24H31FN2O2. The summed E-state index contributed by atoms with van der Waals surface area (Å²) in [6.07, 6.45) is 3.12. The number of carbonyl (C=O) groups excluding carboxylic acids is 1. The van der Waals surface area contributed by atoms with Crippen LogP contribution in [0.15, 0.2) is 54.6 Å². The number of halogens is 1. The predicted octanol–water partition coefficient (Wildman–Crippen LogP) is 3.64. The number of benzene rings is 2. The third-order valence-corrected chi connectivity index (χ3v) is 6.04. The molecule has 0 saturated carbocycles. The zero-order valence-electron chi connectivity index (χ0n) is 17.4. The maximum absolute atomic E-state index is 13.5. The van der Waals surface area contributed by atoms with E-state index in [-0.39, 0.29) is 17.6 Å². The Bertz CT molecular complexity index is 786. The average Bonchev–Trinajstić information content (AvgIpc) is 2.74. The zero-order valence-corrected chi connectivity index (χ0v) is 17.4. The van der Waals surface area contributed by atoms with Gasteiger partial charge in [-0.3, -0.25) is 4.79 Å². The van der Waals surface area contributed by atoms with E-state index in [1.807, 2.05) is 30.3 Å². The van der Waals surface area contributed by atoms with Crippen molar-refractivity contribution in [3.05, 3.63) is 71.5 Å². The molecular weight excluding hydrogens is 367 g/mol. The van der Waals surface area contributed by atoms with Crippen LogP contribution in [-0.4, -0.2) is 54.5 Å². The Kier molecular flexibility index (Phi) is 7.04. The number of amides is 1. The van der Waals surface area contributed by atoms with Gasteiger partial charge in [0.15, 0.2) is 0 Å². The minimum absolute atomic E-state index is 0.0509.